The molecule has 3 rings (SSSR count). The first-order valence-corrected chi connectivity index (χ1v) is 8.53. The summed E-state index contributed by atoms with van der Waals surface area (Å²) < 4.78 is 5.40. The molecule has 6 nitrogen and oxygen atoms in total. The number of likely N-dealkylation sites (tertiary alicyclic amines) is 1. The van der Waals surface area contributed by atoms with Crippen LogP contribution in [0.15, 0.2) is 30.3 Å². The molecule has 2 aliphatic heterocycles. The van der Waals surface area contributed by atoms with Crippen molar-refractivity contribution in [3.8, 4) is 0 Å². The first kappa shape index (κ1) is 16.9. The molecule has 24 heavy (non-hydrogen) atoms. The van der Waals surface area contributed by atoms with Crippen LogP contribution >= 0.6 is 0 Å². The third-order valence-electron chi connectivity index (χ3n) is 4.77. The number of benzene rings is 1. The highest BCUT2D eigenvalue weighted by Crippen LogP contribution is 2.20. The third-order valence-corrected chi connectivity index (χ3v) is 4.77. The van der Waals surface area contributed by atoms with Gasteiger partial charge in [-0.25, -0.2) is 0 Å². The van der Waals surface area contributed by atoms with E-state index in [1.165, 1.54) is 0 Å². The molecule has 1 aromatic carbocycles. The van der Waals surface area contributed by atoms with E-state index in [0.717, 1.165) is 38.4 Å². The minimum absolute atomic E-state index is 0.0326. The maximum absolute atomic E-state index is 12.6. The zero-order valence-electron chi connectivity index (χ0n) is 14.1. The number of amides is 2. The van der Waals surface area contributed by atoms with Gasteiger partial charge in [0, 0.05) is 39.6 Å². The molecule has 2 amide bonds. The zero-order chi connectivity index (χ0) is 16.9. The lowest BCUT2D eigenvalue weighted by Gasteiger charge is -2.31. The molecule has 2 fully saturated rings. The van der Waals surface area contributed by atoms with Crippen LogP contribution in [0.1, 0.15) is 18.0 Å². The van der Waals surface area contributed by atoms with E-state index < -0.39 is 0 Å². The van der Waals surface area contributed by atoms with Crippen LogP contribution in [0.5, 0.6) is 0 Å². The third kappa shape index (κ3) is 4.13. The molecule has 2 heterocycles. The number of hydrogen-bond donors (Lipinski definition) is 1. The lowest BCUT2D eigenvalue weighted by Crippen LogP contribution is -2.44. The van der Waals surface area contributed by atoms with E-state index in [9.17, 15) is 9.59 Å². The normalized spacial score (nSPS) is 23.3. The van der Waals surface area contributed by atoms with Gasteiger partial charge in [0.05, 0.1) is 25.2 Å². The molecule has 0 saturated carbocycles. The van der Waals surface area contributed by atoms with Crippen molar-refractivity contribution in [2.75, 3.05) is 46.4 Å². The van der Waals surface area contributed by atoms with E-state index >= 15 is 0 Å². The lowest BCUT2D eigenvalue weighted by molar-refractivity contribution is -0.128. The van der Waals surface area contributed by atoms with Gasteiger partial charge in [-0.2, -0.15) is 0 Å². The summed E-state index contributed by atoms with van der Waals surface area (Å²) in [6, 6.07) is 9.95. The maximum Gasteiger partial charge on any atom is 0.225 e. The summed E-state index contributed by atoms with van der Waals surface area (Å²) in [6.07, 6.45) is 0.307. The fourth-order valence-corrected chi connectivity index (χ4v) is 3.29. The van der Waals surface area contributed by atoms with E-state index in [0.29, 0.717) is 13.0 Å². The van der Waals surface area contributed by atoms with Crippen molar-refractivity contribution in [3.05, 3.63) is 35.9 Å². The summed E-state index contributed by atoms with van der Waals surface area (Å²) in [5.74, 6) is -0.243. The maximum atomic E-state index is 12.6. The van der Waals surface area contributed by atoms with Crippen molar-refractivity contribution in [1.29, 1.82) is 0 Å². The quantitative estimate of drug-likeness (QED) is 0.861. The van der Waals surface area contributed by atoms with Crippen molar-refractivity contribution in [1.82, 2.24) is 15.1 Å². The van der Waals surface area contributed by atoms with Gasteiger partial charge in [0.25, 0.3) is 0 Å². The van der Waals surface area contributed by atoms with Gasteiger partial charge >= 0.3 is 0 Å². The van der Waals surface area contributed by atoms with Gasteiger partial charge in [-0.1, -0.05) is 30.3 Å². The summed E-state index contributed by atoms with van der Waals surface area (Å²) >= 11 is 0. The second kappa shape index (κ2) is 7.77. The molecule has 2 saturated heterocycles. The Morgan fingerprint density at radius 3 is 2.62 bits per heavy atom. The summed E-state index contributed by atoms with van der Waals surface area (Å²) in [5, 5.41) is 3.16. The Morgan fingerprint density at radius 1 is 1.29 bits per heavy atom. The standard InChI is InChI=1S/C18H25N3O3/c1-20-12-15(11-17(20)22)18(23)19-16(14-5-3-2-4-6-14)13-21-7-9-24-10-8-21/h2-6,15-16H,7-13H2,1H3,(H,19,23)/t15-,16+/m1/s1. The highest BCUT2D eigenvalue weighted by Gasteiger charge is 2.33. The van der Waals surface area contributed by atoms with E-state index in [1.54, 1.807) is 11.9 Å². The van der Waals surface area contributed by atoms with Crippen molar-refractivity contribution < 1.29 is 14.3 Å². The van der Waals surface area contributed by atoms with Crippen molar-refractivity contribution in [2.45, 2.75) is 12.5 Å². The second-order valence-electron chi connectivity index (χ2n) is 6.56. The first-order chi connectivity index (χ1) is 11.6. The van der Waals surface area contributed by atoms with Gasteiger partial charge in [-0.05, 0) is 5.56 Å². The molecule has 1 aromatic rings. The molecule has 6 heteroatoms. The van der Waals surface area contributed by atoms with Gasteiger partial charge in [0.2, 0.25) is 11.8 Å². The second-order valence-corrected chi connectivity index (χ2v) is 6.56. The minimum atomic E-state index is -0.251. The molecular weight excluding hydrogens is 306 g/mol. The summed E-state index contributed by atoms with van der Waals surface area (Å²) in [4.78, 5) is 28.3. The molecule has 130 valence electrons. The molecule has 2 aliphatic rings. The Hall–Kier alpha value is -1.92. The summed E-state index contributed by atoms with van der Waals surface area (Å²) in [5.41, 5.74) is 1.09. The highest BCUT2D eigenvalue weighted by molar-refractivity contribution is 5.89. The van der Waals surface area contributed by atoms with Gasteiger partial charge in [0.15, 0.2) is 0 Å². The monoisotopic (exact) mass is 331 g/mol. The Labute approximate surface area is 142 Å². The fourth-order valence-electron chi connectivity index (χ4n) is 3.29. The topological polar surface area (TPSA) is 61.9 Å². The molecule has 0 aromatic heterocycles. The van der Waals surface area contributed by atoms with Crippen molar-refractivity contribution >= 4 is 11.8 Å². The van der Waals surface area contributed by atoms with E-state index in [2.05, 4.69) is 10.2 Å². The number of carbonyl (C=O) groups is 2. The van der Waals surface area contributed by atoms with E-state index in [4.69, 9.17) is 4.74 Å². The van der Waals surface area contributed by atoms with Crippen molar-refractivity contribution in [2.24, 2.45) is 5.92 Å². The first-order valence-electron chi connectivity index (χ1n) is 8.53. The number of carbonyl (C=O) groups excluding carboxylic acids is 2. The van der Waals surface area contributed by atoms with Crippen LogP contribution in [0.25, 0.3) is 0 Å². The molecule has 0 unspecified atom stereocenters. The number of nitrogens with one attached hydrogen (secondary N) is 1. The van der Waals surface area contributed by atoms with E-state index in [-0.39, 0.29) is 23.8 Å². The lowest BCUT2D eigenvalue weighted by atomic mass is 10.0. The summed E-state index contributed by atoms with van der Waals surface area (Å²) in [6.45, 7) is 4.49. The highest BCUT2D eigenvalue weighted by atomic mass is 16.5. The fraction of sp³-hybridized carbons (Fsp3) is 0.556. The molecule has 0 bridgehead atoms. The summed E-state index contributed by atoms with van der Waals surface area (Å²) in [7, 11) is 1.75. The molecule has 1 N–H and O–H groups in total. The molecule has 0 radical (unpaired) electrons. The van der Waals surface area contributed by atoms with Crippen LogP contribution in [0.4, 0.5) is 0 Å². The smallest absolute Gasteiger partial charge is 0.225 e. The molecular formula is C18H25N3O3. The minimum Gasteiger partial charge on any atom is -0.379 e. The largest absolute Gasteiger partial charge is 0.379 e. The van der Waals surface area contributed by atoms with Crippen LogP contribution in [0.3, 0.4) is 0 Å². The average molecular weight is 331 g/mol. The van der Waals surface area contributed by atoms with Gasteiger partial charge in [-0.15, -0.1) is 0 Å². The Bertz CT molecular complexity index is 572. The van der Waals surface area contributed by atoms with Crippen LogP contribution in [-0.4, -0.2) is 68.1 Å². The number of ether oxygens (including phenoxy) is 1. The number of morpholine rings is 1. The van der Waals surface area contributed by atoms with Crippen LogP contribution < -0.4 is 5.32 Å². The van der Waals surface area contributed by atoms with Gasteiger partial charge in [-0.3, -0.25) is 14.5 Å². The Kier molecular flexibility index (Phi) is 5.48. The van der Waals surface area contributed by atoms with Crippen LogP contribution in [-0.2, 0) is 14.3 Å². The van der Waals surface area contributed by atoms with E-state index in [1.807, 2.05) is 30.3 Å². The van der Waals surface area contributed by atoms with Gasteiger partial charge in [0.1, 0.15) is 0 Å². The molecule has 2 atom stereocenters. The predicted octanol–water partition coefficient (Wildman–Crippen LogP) is 0.654. The molecule has 0 aliphatic carbocycles. The van der Waals surface area contributed by atoms with Crippen LogP contribution in [0, 0.1) is 5.92 Å². The molecule has 0 spiro atoms. The zero-order valence-corrected chi connectivity index (χ0v) is 14.1. The van der Waals surface area contributed by atoms with Gasteiger partial charge < -0.3 is 15.0 Å². The number of nitrogens with zero attached hydrogens (tertiary/aromatic N) is 2. The SMILES string of the molecule is CN1C[C@H](C(=O)N[C@@H](CN2CCOCC2)c2ccccc2)CC1=O. The number of hydrogen-bond acceptors (Lipinski definition) is 4. The van der Waals surface area contributed by atoms with Crippen LogP contribution in [0.2, 0.25) is 0 Å². The Morgan fingerprint density at radius 2 is 2.00 bits per heavy atom. The van der Waals surface area contributed by atoms with Crippen molar-refractivity contribution in [3.63, 3.8) is 0 Å². The number of rotatable bonds is 5. The Balaban J connectivity index is 1.67. The average Bonchev–Trinajstić information content (AvgIpc) is 2.95. The predicted molar refractivity (Wildman–Crippen MR) is 90.3 cm³/mol.